The molecule has 0 radical (unpaired) electrons. The molecule has 3 saturated heterocycles. The van der Waals surface area contributed by atoms with E-state index < -0.39 is 24.2 Å². The third-order valence-corrected chi connectivity index (χ3v) is 8.25. The maximum absolute atomic E-state index is 13.1. The number of nitrogens with two attached hydrogens (primary N) is 1. The fraction of sp³-hybridized carbons (Fsp3) is 0.429. The van der Waals surface area contributed by atoms with Crippen LogP contribution in [0.2, 0.25) is 0 Å². The van der Waals surface area contributed by atoms with Gasteiger partial charge in [0.15, 0.2) is 0 Å². The topological polar surface area (TPSA) is 120 Å². The standard InChI is InChI=1S/C28H29N5O4/c29-13-17-6-5-11-31(17)26(34)24(30)15-32-18-12-25(27(32)35)33(14-18)28(36)37-16-23-21-9-3-1-7-19(21)20-8-2-4-10-22(20)23/h1-4,7-10,17-18,23-25H,5-6,11-12,14-16,30H2/t17-,18+,24-,25+/m0/s1. The summed E-state index contributed by atoms with van der Waals surface area (Å²) in [6.07, 6.45) is 1.45. The first-order valence-corrected chi connectivity index (χ1v) is 12.9. The molecule has 2 N–H and O–H groups in total. The molecule has 4 atom stereocenters. The molecule has 2 bridgehead atoms. The van der Waals surface area contributed by atoms with Crippen molar-refractivity contribution in [1.82, 2.24) is 14.7 Å². The summed E-state index contributed by atoms with van der Waals surface area (Å²) in [4.78, 5) is 43.6. The lowest BCUT2D eigenvalue weighted by Crippen LogP contribution is -2.57. The zero-order valence-electron chi connectivity index (χ0n) is 20.5. The first kappa shape index (κ1) is 23.5. The molecule has 3 heterocycles. The number of benzene rings is 2. The van der Waals surface area contributed by atoms with Gasteiger partial charge in [-0.15, -0.1) is 0 Å². The molecule has 4 aliphatic rings. The molecule has 0 spiro atoms. The van der Waals surface area contributed by atoms with E-state index in [2.05, 4.69) is 30.3 Å². The van der Waals surface area contributed by atoms with Crippen LogP contribution in [0.1, 0.15) is 36.3 Å². The number of likely N-dealkylation sites (tertiary alicyclic amines) is 3. The van der Waals surface area contributed by atoms with Gasteiger partial charge in [0.05, 0.1) is 12.1 Å². The van der Waals surface area contributed by atoms with Crippen molar-refractivity contribution >= 4 is 17.9 Å². The van der Waals surface area contributed by atoms with Crippen LogP contribution in [0.15, 0.2) is 48.5 Å². The summed E-state index contributed by atoms with van der Waals surface area (Å²) in [5, 5.41) is 9.27. The second kappa shape index (κ2) is 9.20. The second-order valence-corrected chi connectivity index (χ2v) is 10.3. The largest absolute Gasteiger partial charge is 0.448 e. The molecule has 2 aromatic carbocycles. The Bertz CT molecular complexity index is 1260. The van der Waals surface area contributed by atoms with Gasteiger partial charge < -0.3 is 20.3 Å². The highest BCUT2D eigenvalue weighted by molar-refractivity contribution is 5.91. The number of carbonyl (C=O) groups excluding carboxylic acids is 3. The van der Waals surface area contributed by atoms with Crippen LogP contribution in [0.3, 0.4) is 0 Å². The van der Waals surface area contributed by atoms with Crippen LogP contribution in [-0.2, 0) is 14.3 Å². The lowest BCUT2D eigenvalue weighted by Gasteiger charge is -2.35. The number of hydrogen-bond donors (Lipinski definition) is 1. The van der Waals surface area contributed by atoms with Crippen LogP contribution in [0, 0.1) is 11.3 Å². The summed E-state index contributed by atoms with van der Waals surface area (Å²) in [6.45, 7) is 1.17. The van der Waals surface area contributed by atoms with Gasteiger partial charge in [-0.25, -0.2) is 4.79 Å². The summed E-state index contributed by atoms with van der Waals surface area (Å²) >= 11 is 0. The molecule has 2 aromatic rings. The fourth-order valence-electron chi connectivity index (χ4n) is 6.43. The third kappa shape index (κ3) is 3.83. The Hall–Kier alpha value is -3.90. The van der Waals surface area contributed by atoms with Crippen molar-refractivity contribution in [1.29, 1.82) is 5.26 Å². The van der Waals surface area contributed by atoms with E-state index in [1.165, 1.54) is 9.80 Å². The minimum Gasteiger partial charge on any atom is -0.448 e. The molecule has 3 aliphatic heterocycles. The number of carbonyl (C=O) groups is 3. The summed E-state index contributed by atoms with van der Waals surface area (Å²) in [6, 6.07) is 16.3. The van der Waals surface area contributed by atoms with E-state index in [-0.39, 0.29) is 36.9 Å². The number of fused-ring (bicyclic) bond motifs is 5. The zero-order valence-corrected chi connectivity index (χ0v) is 20.5. The van der Waals surface area contributed by atoms with E-state index in [1.807, 2.05) is 24.3 Å². The number of nitriles is 1. The highest BCUT2D eigenvalue weighted by atomic mass is 16.6. The lowest BCUT2D eigenvalue weighted by atomic mass is 9.98. The Kier molecular flexibility index (Phi) is 5.84. The summed E-state index contributed by atoms with van der Waals surface area (Å²) in [5.74, 6) is -0.547. The van der Waals surface area contributed by atoms with Crippen LogP contribution in [-0.4, -0.2) is 83.0 Å². The minimum atomic E-state index is -0.889. The van der Waals surface area contributed by atoms with Crippen LogP contribution in [0.25, 0.3) is 11.1 Å². The van der Waals surface area contributed by atoms with Crippen molar-refractivity contribution in [2.24, 2.45) is 5.73 Å². The van der Waals surface area contributed by atoms with Crippen molar-refractivity contribution < 1.29 is 19.1 Å². The molecular formula is C28H29N5O4. The number of amides is 3. The Balaban J connectivity index is 1.08. The molecule has 6 rings (SSSR count). The Labute approximate surface area is 215 Å². The quantitative estimate of drug-likeness (QED) is 0.673. The first-order valence-electron chi connectivity index (χ1n) is 12.9. The van der Waals surface area contributed by atoms with Crippen molar-refractivity contribution in [3.8, 4) is 17.2 Å². The fourth-order valence-corrected chi connectivity index (χ4v) is 6.43. The van der Waals surface area contributed by atoms with Crippen LogP contribution in [0.4, 0.5) is 4.79 Å². The zero-order chi connectivity index (χ0) is 25.7. The number of rotatable bonds is 5. The van der Waals surface area contributed by atoms with Gasteiger partial charge in [0.2, 0.25) is 11.8 Å². The van der Waals surface area contributed by atoms with Gasteiger partial charge in [-0.3, -0.25) is 14.5 Å². The maximum Gasteiger partial charge on any atom is 0.410 e. The van der Waals surface area contributed by atoms with Crippen LogP contribution >= 0.6 is 0 Å². The average molecular weight is 500 g/mol. The Morgan fingerprint density at radius 2 is 1.76 bits per heavy atom. The summed E-state index contributed by atoms with van der Waals surface area (Å²) < 4.78 is 5.77. The number of ether oxygens (including phenoxy) is 1. The third-order valence-electron chi connectivity index (χ3n) is 8.25. The Morgan fingerprint density at radius 1 is 1.08 bits per heavy atom. The van der Waals surface area contributed by atoms with E-state index in [0.29, 0.717) is 25.9 Å². The molecule has 1 aliphatic carbocycles. The molecule has 190 valence electrons. The molecule has 3 amide bonds. The smallest absolute Gasteiger partial charge is 0.410 e. The van der Waals surface area contributed by atoms with Gasteiger partial charge in [-0.2, -0.15) is 5.26 Å². The highest BCUT2D eigenvalue weighted by Crippen LogP contribution is 2.44. The van der Waals surface area contributed by atoms with Gasteiger partial charge in [-0.1, -0.05) is 48.5 Å². The Morgan fingerprint density at radius 3 is 2.41 bits per heavy atom. The van der Waals surface area contributed by atoms with Crippen molar-refractivity contribution in [2.75, 3.05) is 26.2 Å². The summed E-state index contributed by atoms with van der Waals surface area (Å²) in [7, 11) is 0. The molecule has 9 nitrogen and oxygen atoms in total. The predicted molar refractivity (Wildman–Crippen MR) is 134 cm³/mol. The summed E-state index contributed by atoms with van der Waals surface area (Å²) in [5.41, 5.74) is 10.8. The van der Waals surface area contributed by atoms with E-state index in [0.717, 1.165) is 28.7 Å². The van der Waals surface area contributed by atoms with Gasteiger partial charge in [0.25, 0.3) is 0 Å². The van der Waals surface area contributed by atoms with Gasteiger partial charge in [0, 0.05) is 25.6 Å². The predicted octanol–water partition coefficient (Wildman–Crippen LogP) is 2.06. The van der Waals surface area contributed by atoms with E-state index >= 15 is 0 Å². The normalized spacial score (nSPS) is 24.7. The molecule has 9 heteroatoms. The molecule has 0 aromatic heterocycles. The molecule has 0 unspecified atom stereocenters. The molecule has 0 saturated carbocycles. The number of hydrogen-bond acceptors (Lipinski definition) is 6. The molecule has 3 fully saturated rings. The van der Waals surface area contributed by atoms with Gasteiger partial charge in [-0.05, 0) is 41.5 Å². The lowest BCUT2D eigenvalue weighted by molar-refractivity contribution is -0.138. The van der Waals surface area contributed by atoms with Crippen molar-refractivity contribution in [2.45, 2.75) is 49.3 Å². The van der Waals surface area contributed by atoms with Crippen LogP contribution < -0.4 is 5.73 Å². The number of piperazine rings is 1. The SMILES string of the molecule is N#C[C@@H]1CCCN1C(=O)[C@@H](N)CN1C(=O)[C@H]2C[C@@H]1CN2C(=O)OCC1c2ccccc2-c2ccccc21. The van der Waals surface area contributed by atoms with Gasteiger partial charge >= 0.3 is 6.09 Å². The monoisotopic (exact) mass is 499 g/mol. The molecular weight excluding hydrogens is 470 g/mol. The van der Waals surface area contributed by atoms with E-state index in [4.69, 9.17) is 10.5 Å². The molecule has 37 heavy (non-hydrogen) atoms. The maximum atomic E-state index is 13.1. The number of nitrogens with zero attached hydrogens (tertiary/aromatic N) is 4. The van der Waals surface area contributed by atoms with E-state index in [1.54, 1.807) is 4.90 Å². The first-order chi connectivity index (χ1) is 18.0. The van der Waals surface area contributed by atoms with E-state index in [9.17, 15) is 19.6 Å². The van der Waals surface area contributed by atoms with Crippen LogP contribution in [0.5, 0.6) is 0 Å². The van der Waals surface area contributed by atoms with Gasteiger partial charge in [0.1, 0.15) is 24.7 Å². The second-order valence-electron chi connectivity index (χ2n) is 10.3. The highest BCUT2D eigenvalue weighted by Gasteiger charge is 2.52. The average Bonchev–Trinajstić information content (AvgIpc) is 3.69. The van der Waals surface area contributed by atoms with Crippen molar-refractivity contribution in [3.63, 3.8) is 0 Å². The minimum absolute atomic E-state index is 0.0461. The van der Waals surface area contributed by atoms with Crippen molar-refractivity contribution in [3.05, 3.63) is 59.7 Å².